The van der Waals surface area contributed by atoms with Crippen molar-refractivity contribution in [3.05, 3.63) is 0 Å². The van der Waals surface area contributed by atoms with Crippen molar-refractivity contribution in [1.82, 2.24) is 10.2 Å². The summed E-state index contributed by atoms with van der Waals surface area (Å²) < 4.78 is 0. The highest BCUT2D eigenvalue weighted by Crippen LogP contribution is 2.27. The maximum Gasteiger partial charge on any atom is 0.308 e. The van der Waals surface area contributed by atoms with Crippen LogP contribution >= 0.6 is 11.8 Å². The van der Waals surface area contributed by atoms with Gasteiger partial charge in [-0.15, -0.1) is 0 Å². The Kier molecular flexibility index (Phi) is 4.49. The third-order valence-electron chi connectivity index (χ3n) is 3.53. The molecule has 2 N–H and O–H groups in total. The summed E-state index contributed by atoms with van der Waals surface area (Å²) in [4.78, 5) is 13.3. The molecule has 1 heterocycles. The van der Waals surface area contributed by atoms with Gasteiger partial charge >= 0.3 is 5.97 Å². The first-order valence-electron chi connectivity index (χ1n) is 6.03. The van der Waals surface area contributed by atoms with Crippen LogP contribution in [0, 0.1) is 5.92 Å². The standard InChI is InChI=1S/C11H20N2O2S/c14-11(15)9-1-2-10(9)12-3-4-13-5-7-16-8-6-13/h9-10,12H,1-8H2,(H,14,15). The van der Waals surface area contributed by atoms with Crippen molar-refractivity contribution in [2.24, 2.45) is 5.92 Å². The summed E-state index contributed by atoms with van der Waals surface area (Å²) in [6.07, 6.45) is 1.86. The number of aliphatic carboxylic acids is 1. The molecule has 0 bridgehead atoms. The first kappa shape index (κ1) is 12.2. The largest absolute Gasteiger partial charge is 0.481 e. The number of hydrogen-bond acceptors (Lipinski definition) is 4. The molecule has 2 fully saturated rings. The summed E-state index contributed by atoms with van der Waals surface area (Å²) in [5.74, 6) is 1.69. The van der Waals surface area contributed by atoms with Crippen molar-refractivity contribution in [2.75, 3.05) is 37.7 Å². The number of hydrogen-bond donors (Lipinski definition) is 2. The van der Waals surface area contributed by atoms with E-state index in [-0.39, 0.29) is 12.0 Å². The quantitative estimate of drug-likeness (QED) is 0.737. The first-order chi connectivity index (χ1) is 7.77. The van der Waals surface area contributed by atoms with Crippen LogP contribution in [0.2, 0.25) is 0 Å². The van der Waals surface area contributed by atoms with Gasteiger partial charge in [-0.05, 0) is 12.8 Å². The maximum absolute atomic E-state index is 10.8. The van der Waals surface area contributed by atoms with Gasteiger partial charge in [-0.25, -0.2) is 0 Å². The molecule has 92 valence electrons. The summed E-state index contributed by atoms with van der Waals surface area (Å²) >= 11 is 2.02. The highest BCUT2D eigenvalue weighted by atomic mass is 32.2. The van der Waals surface area contributed by atoms with Crippen molar-refractivity contribution in [2.45, 2.75) is 18.9 Å². The molecule has 2 unspecified atom stereocenters. The van der Waals surface area contributed by atoms with E-state index in [4.69, 9.17) is 5.11 Å². The van der Waals surface area contributed by atoms with E-state index >= 15 is 0 Å². The summed E-state index contributed by atoms with van der Waals surface area (Å²) in [5, 5.41) is 12.3. The Morgan fingerprint density at radius 1 is 1.38 bits per heavy atom. The van der Waals surface area contributed by atoms with Crippen LogP contribution in [0.3, 0.4) is 0 Å². The number of nitrogens with zero attached hydrogens (tertiary/aromatic N) is 1. The van der Waals surface area contributed by atoms with Gasteiger partial charge < -0.3 is 15.3 Å². The van der Waals surface area contributed by atoms with Crippen LogP contribution in [0.1, 0.15) is 12.8 Å². The number of nitrogens with one attached hydrogen (secondary N) is 1. The third-order valence-corrected chi connectivity index (χ3v) is 4.47. The van der Waals surface area contributed by atoms with Gasteiger partial charge in [-0.3, -0.25) is 4.79 Å². The lowest BCUT2D eigenvalue weighted by atomic mass is 9.79. The fourth-order valence-corrected chi connectivity index (χ4v) is 3.25. The van der Waals surface area contributed by atoms with Crippen LogP contribution in [-0.4, -0.2) is 59.7 Å². The summed E-state index contributed by atoms with van der Waals surface area (Å²) in [5.41, 5.74) is 0. The van der Waals surface area contributed by atoms with Crippen LogP contribution in [0.4, 0.5) is 0 Å². The van der Waals surface area contributed by atoms with Gasteiger partial charge in [0.25, 0.3) is 0 Å². The molecule has 0 radical (unpaired) electrons. The molecule has 5 heteroatoms. The van der Waals surface area contributed by atoms with E-state index in [1.807, 2.05) is 11.8 Å². The molecule has 0 amide bonds. The second-order valence-electron chi connectivity index (χ2n) is 4.54. The fraction of sp³-hybridized carbons (Fsp3) is 0.909. The lowest BCUT2D eigenvalue weighted by Gasteiger charge is -2.35. The fourth-order valence-electron chi connectivity index (χ4n) is 2.27. The molecule has 0 aromatic rings. The van der Waals surface area contributed by atoms with Crippen molar-refractivity contribution < 1.29 is 9.90 Å². The minimum absolute atomic E-state index is 0.142. The molecule has 1 saturated carbocycles. The van der Waals surface area contributed by atoms with Crippen molar-refractivity contribution in [3.63, 3.8) is 0 Å². The summed E-state index contributed by atoms with van der Waals surface area (Å²) in [7, 11) is 0. The monoisotopic (exact) mass is 244 g/mol. The molecule has 4 nitrogen and oxygen atoms in total. The second-order valence-corrected chi connectivity index (χ2v) is 5.76. The van der Waals surface area contributed by atoms with Crippen LogP contribution in [0.15, 0.2) is 0 Å². The molecular weight excluding hydrogens is 224 g/mol. The van der Waals surface area contributed by atoms with E-state index in [0.717, 1.165) is 25.9 Å². The number of rotatable bonds is 5. The topological polar surface area (TPSA) is 52.6 Å². The Labute approximate surface area is 101 Å². The molecule has 1 aliphatic carbocycles. The Hall–Kier alpha value is -0.260. The number of carboxylic acids is 1. The lowest BCUT2D eigenvalue weighted by molar-refractivity contribution is -0.146. The summed E-state index contributed by atoms with van der Waals surface area (Å²) in [6.45, 7) is 4.35. The molecule has 0 aromatic carbocycles. The summed E-state index contributed by atoms with van der Waals surface area (Å²) in [6, 6.07) is 0.219. The predicted octanol–water partition coefficient (Wildman–Crippen LogP) is 0.488. The third kappa shape index (κ3) is 3.12. The molecule has 2 rings (SSSR count). The zero-order chi connectivity index (χ0) is 11.4. The van der Waals surface area contributed by atoms with Gasteiger partial charge in [-0.1, -0.05) is 0 Å². The predicted molar refractivity (Wildman–Crippen MR) is 65.9 cm³/mol. The Balaban J connectivity index is 1.59. The minimum Gasteiger partial charge on any atom is -0.481 e. The van der Waals surface area contributed by atoms with Gasteiger partial charge in [0.15, 0.2) is 0 Å². The Morgan fingerprint density at radius 2 is 2.12 bits per heavy atom. The number of carbonyl (C=O) groups is 1. The second kappa shape index (κ2) is 5.89. The highest BCUT2D eigenvalue weighted by Gasteiger charge is 2.35. The first-order valence-corrected chi connectivity index (χ1v) is 7.19. The smallest absolute Gasteiger partial charge is 0.308 e. The minimum atomic E-state index is -0.641. The van der Waals surface area contributed by atoms with Gasteiger partial charge in [0.05, 0.1) is 5.92 Å². The van der Waals surface area contributed by atoms with Crippen LogP contribution in [0.5, 0.6) is 0 Å². The van der Waals surface area contributed by atoms with E-state index < -0.39 is 5.97 Å². The molecule has 1 aliphatic heterocycles. The van der Waals surface area contributed by atoms with Gasteiger partial charge in [-0.2, -0.15) is 11.8 Å². The molecule has 0 aromatic heterocycles. The van der Waals surface area contributed by atoms with Crippen LogP contribution in [0.25, 0.3) is 0 Å². The molecular formula is C11H20N2O2S. The molecule has 1 saturated heterocycles. The van der Waals surface area contributed by atoms with Gasteiger partial charge in [0.2, 0.25) is 0 Å². The van der Waals surface area contributed by atoms with Gasteiger partial charge in [0.1, 0.15) is 0 Å². The zero-order valence-corrected chi connectivity index (χ0v) is 10.3. The van der Waals surface area contributed by atoms with Crippen LogP contribution in [-0.2, 0) is 4.79 Å². The number of thioether (sulfide) groups is 1. The maximum atomic E-state index is 10.8. The average Bonchev–Trinajstić information content (AvgIpc) is 2.23. The molecule has 0 spiro atoms. The molecule has 2 atom stereocenters. The SMILES string of the molecule is O=C(O)C1CCC1NCCN1CCSCC1. The van der Waals surface area contributed by atoms with Gasteiger partial charge in [0, 0.05) is 43.7 Å². The Bertz CT molecular complexity index is 244. The van der Waals surface area contributed by atoms with E-state index in [0.29, 0.717) is 0 Å². The Morgan fingerprint density at radius 3 is 2.69 bits per heavy atom. The van der Waals surface area contributed by atoms with Crippen molar-refractivity contribution >= 4 is 17.7 Å². The zero-order valence-electron chi connectivity index (χ0n) is 9.52. The highest BCUT2D eigenvalue weighted by molar-refractivity contribution is 7.99. The van der Waals surface area contributed by atoms with E-state index in [2.05, 4.69) is 10.2 Å². The van der Waals surface area contributed by atoms with E-state index in [9.17, 15) is 4.79 Å². The molecule has 16 heavy (non-hydrogen) atoms. The number of carboxylic acid groups (broad SMARTS) is 1. The van der Waals surface area contributed by atoms with Crippen LogP contribution < -0.4 is 5.32 Å². The van der Waals surface area contributed by atoms with E-state index in [1.165, 1.54) is 24.6 Å². The lowest BCUT2D eigenvalue weighted by Crippen LogP contribution is -2.50. The normalized spacial score (nSPS) is 31.0. The average molecular weight is 244 g/mol. The van der Waals surface area contributed by atoms with Crippen molar-refractivity contribution in [3.8, 4) is 0 Å². The van der Waals surface area contributed by atoms with E-state index in [1.54, 1.807) is 0 Å². The molecule has 2 aliphatic rings. The van der Waals surface area contributed by atoms with Crippen molar-refractivity contribution in [1.29, 1.82) is 0 Å².